The lowest BCUT2D eigenvalue weighted by Gasteiger charge is -2.05. The molecule has 6 nitrogen and oxygen atoms in total. The average molecular weight is 247 g/mol. The van der Waals surface area contributed by atoms with Gasteiger partial charge in [0.15, 0.2) is 5.82 Å². The predicted molar refractivity (Wildman–Crippen MR) is 66.8 cm³/mol. The topological polar surface area (TPSA) is 78.9 Å². The van der Waals surface area contributed by atoms with Gasteiger partial charge in [-0.2, -0.15) is 0 Å². The van der Waals surface area contributed by atoms with Crippen molar-refractivity contribution in [3.8, 4) is 0 Å². The molecule has 18 heavy (non-hydrogen) atoms. The van der Waals surface area contributed by atoms with E-state index in [0.717, 1.165) is 17.0 Å². The van der Waals surface area contributed by atoms with E-state index in [9.17, 15) is 0 Å². The lowest BCUT2D eigenvalue weighted by molar-refractivity contribution is 0.199. The van der Waals surface area contributed by atoms with E-state index < -0.39 is 0 Å². The van der Waals surface area contributed by atoms with Crippen LogP contribution in [0, 0.1) is 0 Å². The normalized spacial score (nSPS) is 10.8. The zero-order valence-corrected chi connectivity index (χ0v) is 10.4. The van der Waals surface area contributed by atoms with Crippen LogP contribution in [0.5, 0.6) is 0 Å². The van der Waals surface area contributed by atoms with Crippen molar-refractivity contribution in [3.05, 3.63) is 41.2 Å². The van der Waals surface area contributed by atoms with E-state index in [4.69, 9.17) is 10.5 Å². The minimum Gasteiger partial charge on any atom is -0.384 e. The number of nitrogens with two attached hydrogens (primary N) is 1. The van der Waals surface area contributed by atoms with Crippen LogP contribution in [0.15, 0.2) is 24.3 Å². The Kier molecular flexibility index (Phi) is 4.38. The molecular weight excluding hydrogens is 230 g/mol. The molecule has 2 N–H and O–H groups in total. The highest BCUT2D eigenvalue weighted by atomic mass is 16.5. The van der Waals surface area contributed by atoms with Gasteiger partial charge >= 0.3 is 0 Å². The van der Waals surface area contributed by atoms with Crippen molar-refractivity contribution in [1.29, 1.82) is 0 Å². The van der Waals surface area contributed by atoms with Gasteiger partial charge in [0.1, 0.15) is 0 Å². The maximum Gasteiger partial charge on any atom is 0.153 e. The summed E-state index contributed by atoms with van der Waals surface area (Å²) in [6.45, 7) is 1.84. The molecule has 0 saturated heterocycles. The van der Waals surface area contributed by atoms with Crippen molar-refractivity contribution in [3.63, 3.8) is 0 Å². The molecule has 1 aromatic heterocycles. The van der Waals surface area contributed by atoms with Gasteiger partial charge in [0.05, 0.1) is 13.2 Å². The van der Waals surface area contributed by atoms with E-state index in [1.807, 2.05) is 24.3 Å². The maximum atomic E-state index is 5.56. The van der Waals surface area contributed by atoms with E-state index in [2.05, 4.69) is 15.5 Å². The molecule has 0 aliphatic rings. The highest BCUT2D eigenvalue weighted by Crippen LogP contribution is 2.06. The van der Waals surface area contributed by atoms with Crippen LogP contribution in [0.3, 0.4) is 0 Å². The molecule has 2 aromatic rings. The first kappa shape index (κ1) is 12.7. The minimum absolute atomic E-state index is 0.560. The molecule has 0 unspecified atom stereocenters. The van der Waals surface area contributed by atoms with Gasteiger partial charge in [0.25, 0.3) is 0 Å². The molecule has 2 rings (SSSR count). The van der Waals surface area contributed by atoms with Crippen LogP contribution in [0.25, 0.3) is 0 Å². The fourth-order valence-electron chi connectivity index (χ4n) is 1.67. The lowest BCUT2D eigenvalue weighted by Crippen LogP contribution is -2.09. The van der Waals surface area contributed by atoms with Crippen LogP contribution in [-0.2, 0) is 24.2 Å². The molecule has 0 saturated carbocycles. The number of hydrogen-bond acceptors (Lipinski definition) is 5. The molecule has 0 spiro atoms. The molecule has 0 aliphatic heterocycles. The predicted octanol–water partition coefficient (Wildman–Crippen LogP) is 0.369. The second-order valence-corrected chi connectivity index (χ2v) is 4.02. The third-order valence-corrected chi connectivity index (χ3v) is 2.73. The molecule has 96 valence electrons. The first-order valence-electron chi connectivity index (χ1n) is 5.85. The number of hydrogen-bond donors (Lipinski definition) is 1. The highest BCUT2D eigenvalue weighted by molar-refractivity contribution is 5.22. The van der Waals surface area contributed by atoms with E-state index in [1.54, 1.807) is 11.8 Å². The standard InChI is InChI=1S/C12H17N5O/c1-18-7-6-12-14-15-16-17(12)9-11-4-2-10(8-13)3-5-11/h2-5H,6-9,13H2,1H3. The van der Waals surface area contributed by atoms with Crippen LogP contribution in [0.4, 0.5) is 0 Å². The number of aromatic nitrogens is 4. The Bertz CT molecular complexity index is 479. The summed E-state index contributed by atoms with van der Waals surface area (Å²) in [4.78, 5) is 0. The van der Waals surface area contributed by atoms with Crippen LogP contribution in [-0.4, -0.2) is 33.9 Å². The zero-order valence-electron chi connectivity index (χ0n) is 10.4. The highest BCUT2D eigenvalue weighted by Gasteiger charge is 2.06. The number of nitrogens with zero attached hydrogens (tertiary/aromatic N) is 4. The Balaban J connectivity index is 2.05. The number of tetrazole rings is 1. The van der Waals surface area contributed by atoms with Crippen molar-refractivity contribution >= 4 is 0 Å². The summed E-state index contributed by atoms with van der Waals surface area (Å²) < 4.78 is 6.82. The fraction of sp³-hybridized carbons (Fsp3) is 0.417. The van der Waals surface area contributed by atoms with Crippen molar-refractivity contribution in [2.45, 2.75) is 19.5 Å². The summed E-state index contributed by atoms with van der Waals surface area (Å²) in [5.41, 5.74) is 7.83. The van der Waals surface area contributed by atoms with Gasteiger partial charge in [-0.25, -0.2) is 4.68 Å². The Labute approximate surface area is 106 Å². The second-order valence-electron chi connectivity index (χ2n) is 4.02. The van der Waals surface area contributed by atoms with Crippen LogP contribution in [0.1, 0.15) is 17.0 Å². The lowest BCUT2D eigenvalue weighted by atomic mass is 10.1. The van der Waals surface area contributed by atoms with Crippen LogP contribution >= 0.6 is 0 Å². The summed E-state index contributed by atoms with van der Waals surface area (Å²) in [5, 5.41) is 11.7. The van der Waals surface area contributed by atoms with Gasteiger partial charge in [-0.1, -0.05) is 24.3 Å². The Hall–Kier alpha value is -1.79. The number of rotatable bonds is 6. The molecule has 0 radical (unpaired) electrons. The number of ether oxygens (including phenoxy) is 1. The van der Waals surface area contributed by atoms with Crippen LogP contribution < -0.4 is 5.73 Å². The Morgan fingerprint density at radius 3 is 2.61 bits per heavy atom. The largest absolute Gasteiger partial charge is 0.384 e. The smallest absolute Gasteiger partial charge is 0.153 e. The van der Waals surface area contributed by atoms with E-state index in [1.165, 1.54) is 0 Å². The molecule has 0 amide bonds. The second kappa shape index (κ2) is 6.23. The van der Waals surface area contributed by atoms with Crippen LogP contribution in [0.2, 0.25) is 0 Å². The van der Waals surface area contributed by atoms with Gasteiger partial charge in [-0.15, -0.1) is 5.10 Å². The van der Waals surface area contributed by atoms with Gasteiger partial charge in [-0.05, 0) is 21.6 Å². The Morgan fingerprint density at radius 1 is 1.22 bits per heavy atom. The van der Waals surface area contributed by atoms with Crippen molar-refractivity contribution < 1.29 is 4.74 Å². The zero-order chi connectivity index (χ0) is 12.8. The summed E-state index contributed by atoms with van der Waals surface area (Å²) >= 11 is 0. The molecule has 0 atom stereocenters. The minimum atomic E-state index is 0.560. The molecule has 6 heteroatoms. The van der Waals surface area contributed by atoms with Crippen molar-refractivity contribution in [2.75, 3.05) is 13.7 Å². The maximum absolute atomic E-state index is 5.56. The molecule has 0 fully saturated rings. The monoisotopic (exact) mass is 247 g/mol. The van der Waals surface area contributed by atoms with E-state index in [0.29, 0.717) is 26.1 Å². The average Bonchev–Trinajstić information content (AvgIpc) is 2.84. The quantitative estimate of drug-likeness (QED) is 0.797. The number of methoxy groups -OCH3 is 1. The van der Waals surface area contributed by atoms with Crippen molar-refractivity contribution in [2.24, 2.45) is 5.73 Å². The summed E-state index contributed by atoms with van der Waals surface area (Å²) in [6, 6.07) is 8.14. The SMILES string of the molecule is COCCc1nnnn1Cc1ccc(CN)cc1. The molecule has 1 heterocycles. The molecule has 0 bridgehead atoms. The number of benzene rings is 1. The summed E-state index contributed by atoms with van der Waals surface area (Å²) in [7, 11) is 1.67. The third-order valence-electron chi connectivity index (χ3n) is 2.73. The summed E-state index contributed by atoms with van der Waals surface area (Å²) in [6.07, 6.45) is 0.713. The molecule has 0 aliphatic carbocycles. The fourth-order valence-corrected chi connectivity index (χ4v) is 1.67. The van der Waals surface area contributed by atoms with E-state index >= 15 is 0 Å². The first-order valence-corrected chi connectivity index (χ1v) is 5.85. The molecular formula is C12H17N5O. The first-order chi connectivity index (χ1) is 8.83. The molecule has 1 aromatic carbocycles. The summed E-state index contributed by atoms with van der Waals surface area (Å²) in [5.74, 6) is 0.833. The third kappa shape index (κ3) is 3.12. The van der Waals surface area contributed by atoms with Gasteiger partial charge in [0.2, 0.25) is 0 Å². The Morgan fingerprint density at radius 2 is 1.94 bits per heavy atom. The van der Waals surface area contributed by atoms with Gasteiger partial charge in [-0.3, -0.25) is 0 Å². The van der Waals surface area contributed by atoms with Gasteiger partial charge < -0.3 is 10.5 Å². The van der Waals surface area contributed by atoms with E-state index in [-0.39, 0.29) is 0 Å². The van der Waals surface area contributed by atoms with Gasteiger partial charge in [0, 0.05) is 20.1 Å². The van der Waals surface area contributed by atoms with Crippen molar-refractivity contribution in [1.82, 2.24) is 20.2 Å².